The summed E-state index contributed by atoms with van der Waals surface area (Å²) in [5.41, 5.74) is 0.980. The lowest BCUT2D eigenvalue weighted by molar-refractivity contribution is -0.137. The molecule has 4 N–H and O–H groups in total. The molecule has 0 aliphatic rings. The fourth-order valence-corrected chi connectivity index (χ4v) is 2.28. The van der Waals surface area contributed by atoms with Crippen LogP contribution in [0.3, 0.4) is 0 Å². The fraction of sp³-hybridized carbons (Fsp3) is 0.391. The van der Waals surface area contributed by atoms with Gasteiger partial charge in [-0.3, -0.25) is 9.59 Å². The number of aliphatic carboxylic acids is 2. The van der Waals surface area contributed by atoms with E-state index in [1.54, 1.807) is 13.8 Å². The largest absolute Gasteiger partial charge is 0.481 e. The van der Waals surface area contributed by atoms with E-state index in [1.165, 1.54) is 0 Å². The van der Waals surface area contributed by atoms with Crippen molar-refractivity contribution in [1.82, 2.24) is 0 Å². The van der Waals surface area contributed by atoms with Gasteiger partial charge in [-0.05, 0) is 11.1 Å². The number of carboxylic acid groups (broad SMARTS) is 2. The van der Waals surface area contributed by atoms with Crippen LogP contribution in [-0.2, 0) is 9.59 Å². The van der Waals surface area contributed by atoms with Crippen LogP contribution in [0.4, 0.5) is 0 Å². The Morgan fingerprint density at radius 1 is 0.724 bits per heavy atom. The summed E-state index contributed by atoms with van der Waals surface area (Å²) >= 11 is 0. The lowest BCUT2D eigenvalue weighted by Gasteiger charge is -2.35. The molecule has 0 saturated heterocycles. The Kier molecular flexibility index (Phi) is 12.2. The molecule has 0 aromatic heterocycles. The van der Waals surface area contributed by atoms with Crippen LogP contribution in [0, 0.1) is 5.41 Å². The molecule has 0 aliphatic heterocycles. The van der Waals surface area contributed by atoms with Crippen molar-refractivity contribution in [1.29, 1.82) is 0 Å². The van der Waals surface area contributed by atoms with Gasteiger partial charge in [-0.15, -0.1) is 0 Å². The average molecular weight is 405 g/mol. The second-order valence-corrected chi connectivity index (χ2v) is 6.94. The van der Waals surface area contributed by atoms with Crippen molar-refractivity contribution in [2.75, 3.05) is 0 Å². The van der Waals surface area contributed by atoms with E-state index < -0.39 is 29.6 Å². The predicted molar refractivity (Wildman–Crippen MR) is 112 cm³/mol. The van der Waals surface area contributed by atoms with Crippen LogP contribution in [0.5, 0.6) is 0 Å². The average Bonchev–Trinajstić information content (AvgIpc) is 2.74. The van der Waals surface area contributed by atoms with Crippen LogP contribution in [0.25, 0.3) is 0 Å². The molecule has 2 atom stereocenters. The van der Waals surface area contributed by atoms with Crippen molar-refractivity contribution in [2.24, 2.45) is 5.41 Å². The maximum atomic E-state index is 10.5. The molecular weight excluding hydrogens is 372 g/mol. The van der Waals surface area contributed by atoms with Crippen LogP contribution in [-0.4, -0.2) is 32.4 Å². The molecule has 2 aromatic carbocycles. The Bertz CT molecular complexity index is 651. The minimum Gasteiger partial charge on any atom is -0.481 e. The third-order valence-electron chi connectivity index (χ3n) is 4.25. The molecule has 2 aromatic rings. The van der Waals surface area contributed by atoms with E-state index in [-0.39, 0.29) is 12.8 Å². The van der Waals surface area contributed by atoms with E-state index in [4.69, 9.17) is 10.2 Å². The molecule has 0 bridgehead atoms. The molecule has 2 unspecified atom stereocenters. The highest BCUT2D eigenvalue weighted by atomic mass is 16.4. The summed E-state index contributed by atoms with van der Waals surface area (Å²) < 4.78 is 0. The molecule has 0 fully saturated rings. The summed E-state index contributed by atoms with van der Waals surface area (Å²) in [7, 11) is 0. The molecule has 0 heterocycles. The van der Waals surface area contributed by atoms with Crippen molar-refractivity contribution in [3.63, 3.8) is 0 Å². The zero-order valence-electron chi connectivity index (χ0n) is 17.4. The number of carbonyl (C=O) groups is 2. The SMILES string of the molecule is CC(C)(C(O)c1ccccc1)C(O)c1ccccc1.CCC(=O)O.CCC(=O)O. The van der Waals surface area contributed by atoms with Gasteiger partial charge >= 0.3 is 11.9 Å². The van der Waals surface area contributed by atoms with Crippen molar-refractivity contribution in [2.45, 2.75) is 52.7 Å². The van der Waals surface area contributed by atoms with E-state index in [2.05, 4.69) is 0 Å². The predicted octanol–water partition coefficient (Wildman–Crippen LogP) is 4.44. The minimum atomic E-state index is -0.745. The summed E-state index contributed by atoms with van der Waals surface area (Å²) in [6, 6.07) is 18.9. The normalized spacial score (nSPS) is 12.3. The number of hydrogen-bond acceptors (Lipinski definition) is 4. The number of rotatable bonds is 6. The Balaban J connectivity index is 0.000000653. The van der Waals surface area contributed by atoms with Gasteiger partial charge in [0.05, 0.1) is 12.2 Å². The van der Waals surface area contributed by atoms with Gasteiger partial charge in [0.25, 0.3) is 0 Å². The molecule has 0 saturated carbocycles. The Hall–Kier alpha value is -2.70. The van der Waals surface area contributed by atoms with Crippen molar-refractivity contribution >= 4 is 11.9 Å². The maximum Gasteiger partial charge on any atom is 0.303 e. The Labute approximate surface area is 172 Å². The van der Waals surface area contributed by atoms with Gasteiger partial charge in [-0.1, -0.05) is 88.4 Å². The summed E-state index contributed by atoms with van der Waals surface area (Å²) in [5, 5.41) is 36.5. The molecular formula is C23H32O6. The topological polar surface area (TPSA) is 115 Å². The van der Waals surface area contributed by atoms with Crippen molar-refractivity contribution in [3.05, 3.63) is 71.8 Å². The smallest absolute Gasteiger partial charge is 0.303 e. The quantitative estimate of drug-likeness (QED) is 0.566. The molecule has 0 spiro atoms. The van der Waals surface area contributed by atoms with Crippen LogP contribution in [0.1, 0.15) is 63.9 Å². The summed E-state index contributed by atoms with van der Waals surface area (Å²) in [5.74, 6) is -1.49. The van der Waals surface area contributed by atoms with Gasteiger partial charge in [-0.2, -0.15) is 0 Å². The second kappa shape index (κ2) is 13.5. The van der Waals surface area contributed by atoms with Gasteiger partial charge < -0.3 is 20.4 Å². The Morgan fingerprint density at radius 2 is 0.966 bits per heavy atom. The molecule has 6 heteroatoms. The van der Waals surface area contributed by atoms with Crippen molar-refractivity contribution in [3.8, 4) is 0 Å². The van der Waals surface area contributed by atoms with E-state index in [9.17, 15) is 19.8 Å². The van der Waals surface area contributed by atoms with Crippen molar-refractivity contribution < 1.29 is 30.0 Å². The number of carboxylic acids is 2. The highest BCUT2D eigenvalue weighted by Crippen LogP contribution is 2.43. The summed E-state index contributed by atoms with van der Waals surface area (Å²) in [6.07, 6.45) is -0.993. The first kappa shape index (κ1) is 26.3. The van der Waals surface area contributed by atoms with Gasteiger partial charge in [0.15, 0.2) is 0 Å². The highest BCUT2D eigenvalue weighted by Gasteiger charge is 2.37. The van der Waals surface area contributed by atoms with Gasteiger partial charge in [0, 0.05) is 18.3 Å². The standard InChI is InChI=1S/C17H20O2.2C3H6O2/c1-17(2,15(18)13-9-5-3-6-10-13)16(19)14-11-7-4-8-12-14;2*1-2-3(4)5/h3-12,15-16,18-19H,1-2H3;2*2H2,1H3,(H,4,5). The molecule has 0 amide bonds. The third kappa shape index (κ3) is 9.87. The zero-order valence-corrected chi connectivity index (χ0v) is 17.4. The maximum absolute atomic E-state index is 10.5. The lowest BCUT2D eigenvalue weighted by atomic mass is 9.75. The van der Waals surface area contributed by atoms with E-state index in [0.717, 1.165) is 11.1 Å². The van der Waals surface area contributed by atoms with Gasteiger partial charge in [0.1, 0.15) is 0 Å². The van der Waals surface area contributed by atoms with Crippen LogP contribution in [0.2, 0.25) is 0 Å². The first-order chi connectivity index (χ1) is 13.6. The molecule has 0 radical (unpaired) electrons. The van der Waals surface area contributed by atoms with Gasteiger partial charge in [-0.25, -0.2) is 0 Å². The van der Waals surface area contributed by atoms with Gasteiger partial charge in [0.2, 0.25) is 0 Å². The van der Waals surface area contributed by atoms with E-state index in [0.29, 0.717) is 0 Å². The molecule has 2 rings (SSSR count). The summed E-state index contributed by atoms with van der Waals surface area (Å²) in [6.45, 7) is 6.95. The van der Waals surface area contributed by atoms with Crippen LogP contribution < -0.4 is 0 Å². The molecule has 0 aliphatic carbocycles. The van der Waals surface area contributed by atoms with Crippen LogP contribution in [0.15, 0.2) is 60.7 Å². The summed E-state index contributed by atoms with van der Waals surface area (Å²) in [4.78, 5) is 18.7. The number of benzene rings is 2. The second-order valence-electron chi connectivity index (χ2n) is 6.94. The first-order valence-electron chi connectivity index (χ1n) is 9.47. The van der Waals surface area contributed by atoms with E-state index in [1.807, 2.05) is 74.5 Å². The fourth-order valence-electron chi connectivity index (χ4n) is 2.28. The zero-order chi connectivity index (χ0) is 22.4. The van der Waals surface area contributed by atoms with Crippen LogP contribution >= 0.6 is 0 Å². The molecule has 6 nitrogen and oxygen atoms in total. The van der Waals surface area contributed by atoms with E-state index >= 15 is 0 Å². The third-order valence-corrected chi connectivity index (χ3v) is 4.25. The molecule has 160 valence electrons. The number of aliphatic hydroxyl groups excluding tert-OH is 2. The highest BCUT2D eigenvalue weighted by molar-refractivity contribution is 5.66. The molecule has 29 heavy (non-hydrogen) atoms. The lowest BCUT2D eigenvalue weighted by Crippen LogP contribution is -2.29. The Morgan fingerprint density at radius 3 is 1.17 bits per heavy atom. The monoisotopic (exact) mass is 404 g/mol. The number of hydrogen-bond donors (Lipinski definition) is 4. The number of aliphatic hydroxyl groups is 2. The first-order valence-corrected chi connectivity index (χ1v) is 9.47. The minimum absolute atomic E-state index is 0.222.